The summed E-state index contributed by atoms with van der Waals surface area (Å²) in [6.45, 7) is 0. The Labute approximate surface area is 167 Å². The minimum absolute atomic E-state index is 0.105. The van der Waals surface area contributed by atoms with E-state index in [1.165, 1.54) is 24.3 Å². The van der Waals surface area contributed by atoms with Gasteiger partial charge in [0.25, 0.3) is 21.6 Å². The molecule has 2 N–H and O–H groups in total. The van der Waals surface area contributed by atoms with Crippen molar-refractivity contribution < 1.29 is 22.9 Å². The van der Waals surface area contributed by atoms with Crippen LogP contribution in [0, 0.1) is 10.1 Å². The molecule has 10 heteroatoms. The Hall–Kier alpha value is -3.27. The quantitative estimate of drug-likeness (QED) is 0.545. The maximum atomic E-state index is 12.5. The monoisotopic (exact) mass is 417 g/mol. The van der Waals surface area contributed by atoms with Crippen LogP contribution in [0.15, 0.2) is 53.4 Å². The average molecular weight is 417 g/mol. The number of carbonyl (C=O) groups excluding carboxylic acids is 2. The summed E-state index contributed by atoms with van der Waals surface area (Å²) in [6.07, 6.45) is 1.93. The van der Waals surface area contributed by atoms with Gasteiger partial charge in [0, 0.05) is 30.5 Å². The van der Waals surface area contributed by atoms with Gasteiger partial charge in [0.05, 0.1) is 9.82 Å². The van der Waals surface area contributed by atoms with Gasteiger partial charge in [-0.25, -0.2) is 13.1 Å². The Morgan fingerprint density at radius 1 is 1.07 bits per heavy atom. The van der Waals surface area contributed by atoms with Gasteiger partial charge in [-0.2, -0.15) is 0 Å². The van der Waals surface area contributed by atoms with Gasteiger partial charge in [0.2, 0.25) is 0 Å². The zero-order valence-electron chi connectivity index (χ0n) is 15.3. The Morgan fingerprint density at radius 2 is 1.72 bits per heavy atom. The number of hydrogen-bond donors (Lipinski definition) is 2. The number of ketones is 1. The third-order valence-corrected chi connectivity index (χ3v) is 5.97. The van der Waals surface area contributed by atoms with Crippen LogP contribution in [0.3, 0.4) is 0 Å². The van der Waals surface area contributed by atoms with E-state index in [1.807, 2.05) is 4.72 Å². The Morgan fingerprint density at radius 3 is 2.34 bits per heavy atom. The van der Waals surface area contributed by atoms with Crippen LogP contribution in [0.25, 0.3) is 0 Å². The molecule has 0 bridgehead atoms. The number of rotatable bonds is 6. The molecule has 0 aromatic heterocycles. The van der Waals surface area contributed by atoms with Gasteiger partial charge < -0.3 is 5.32 Å². The average Bonchev–Trinajstić information content (AvgIpc) is 2.70. The molecule has 2 aromatic rings. The predicted octanol–water partition coefficient (Wildman–Crippen LogP) is 2.64. The lowest BCUT2D eigenvalue weighted by Crippen LogP contribution is -2.30. The fraction of sp³-hybridized carbons (Fsp3) is 0.263. The number of anilines is 1. The zero-order valence-corrected chi connectivity index (χ0v) is 16.1. The van der Waals surface area contributed by atoms with E-state index in [0.29, 0.717) is 25.7 Å². The van der Waals surface area contributed by atoms with Crippen LogP contribution < -0.4 is 10.0 Å². The number of nitro groups is 1. The number of sulfonamides is 1. The van der Waals surface area contributed by atoms with E-state index in [-0.39, 0.29) is 23.1 Å². The third-order valence-electron chi connectivity index (χ3n) is 4.64. The van der Waals surface area contributed by atoms with Crippen molar-refractivity contribution in [1.82, 2.24) is 4.72 Å². The first kappa shape index (κ1) is 20.5. The van der Waals surface area contributed by atoms with Crippen molar-refractivity contribution in [2.75, 3.05) is 5.32 Å². The third kappa shape index (κ3) is 4.96. The Bertz CT molecular complexity index is 1040. The highest BCUT2D eigenvalue weighted by Gasteiger charge is 2.26. The van der Waals surface area contributed by atoms with Crippen LogP contribution in [0.5, 0.6) is 0 Å². The van der Waals surface area contributed by atoms with Crippen molar-refractivity contribution in [3.8, 4) is 0 Å². The SMILES string of the molecule is O=C1CCC(Nc2ccc(S(=O)(=O)NC(=O)c3ccccc3)cc2[N+](=O)[O-])CC1. The molecule has 1 aliphatic rings. The number of carbonyl (C=O) groups is 2. The summed E-state index contributed by atoms with van der Waals surface area (Å²) < 4.78 is 26.9. The Kier molecular flexibility index (Phi) is 5.92. The van der Waals surface area contributed by atoms with Crippen LogP contribution in [0.1, 0.15) is 36.0 Å². The largest absolute Gasteiger partial charge is 0.377 e. The second-order valence-corrected chi connectivity index (χ2v) is 8.38. The summed E-state index contributed by atoms with van der Waals surface area (Å²) in [5, 5.41) is 14.5. The summed E-state index contributed by atoms with van der Waals surface area (Å²) in [6, 6.07) is 11.1. The molecule has 9 nitrogen and oxygen atoms in total. The van der Waals surface area contributed by atoms with Gasteiger partial charge in [-0.3, -0.25) is 19.7 Å². The molecule has 0 spiro atoms. The van der Waals surface area contributed by atoms with E-state index in [9.17, 15) is 28.1 Å². The van der Waals surface area contributed by atoms with Crippen LogP contribution in [0.4, 0.5) is 11.4 Å². The smallest absolute Gasteiger partial charge is 0.293 e. The molecule has 1 fully saturated rings. The van der Waals surface area contributed by atoms with Gasteiger partial charge in [0.1, 0.15) is 11.5 Å². The van der Waals surface area contributed by atoms with Crippen LogP contribution in [-0.4, -0.2) is 31.1 Å². The van der Waals surface area contributed by atoms with E-state index in [4.69, 9.17) is 0 Å². The molecule has 29 heavy (non-hydrogen) atoms. The van der Waals surface area contributed by atoms with Crippen LogP contribution in [0.2, 0.25) is 0 Å². The summed E-state index contributed by atoms with van der Waals surface area (Å²) in [4.78, 5) is 33.9. The number of hydrogen-bond acceptors (Lipinski definition) is 7. The van der Waals surface area contributed by atoms with Crippen LogP contribution in [-0.2, 0) is 14.8 Å². The van der Waals surface area contributed by atoms with Crippen molar-refractivity contribution in [2.24, 2.45) is 0 Å². The van der Waals surface area contributed by atoms with E-state index in [1.54, 1.807) is 18.2 Å². The first-order valence-corrected chi connectivity index (χ1v) is 10.4. The number of amides is 1. The van der Waals surface area contributed by atoms with Crippen molar-refractivity contribution in [2.45, 2.75) is 36.6 Å². The molecule has 152 valence electrons. The van der Waals surface area contributed by atoms with E-state index >= 15 is 0 Å². The zero-order chi connectivity index (χ0) is 21.0. The fourth-order valence-corrected chi connectivity index (χ4v) is 4.08. The molecule has 0 atom stereocenters. The second kappa shape index (κ2) is 8.39. The minimum Gasteiger partial charge on any atom is -0.377 e. The van der Waals surface area contributed by atoms with Gasteiger partial charge in [-0.05, 0) is 37.1 Å². The molecular weight excluding hydrogens is 398 g/mol. The summed E-state index contributed by atoms with van der Waals surface area (Å²) in [7, 11) is -4.30. The lowest BCUT2D eigenvalue weighted by atomic mass is 9.94. The fourth-order valence-electron chi connectivity index (χ4n) is 3.09. The number of nitro benzene ring substituents is 1. The highest BCUT2D eigenvalue weighted by molar-refractivity contribution is 7.90. The number of nitrogens with zero attached hydrogens (tertiary/aromatic N) is 1. The second-order valence-electron chi connectivity index (χ2n) is 6.69. The molecule has 0 heterocycles. The number of benzene rings is 2. The molecule has 0 unspecified atom stereocenters. The minimum atomic E-state index is -4.30. The van der Waals surface area contributed by atoms with Gasteiger partial charge >= 0.3 is 0 Å². The van der Waals surface area contributed by atoms with Gasteiger partial charge in [0.15, 0.2) is 0 Å². The normalized spacial score (nSPS) is 15.0. The molecular formula is C19H19N3O6S. The molecule has 1 amide bonds. The van der Waals surface area contributed by atoms with Crippen molar-refractivity contribution in [1.29, 1.82) is 0 Å². The van der Waals surface area contributed by atoms with Crippen LogP contribution >= 0.6 is 0 Å². The summed E-state index contributed by atoms with van der Waals surface area (Å²) in [5.74, 6) is -0.671. The topological polar surface area (TPSA) is 135 Å². The van der Waals surface area contributed by atoms with Crippen molar-refractivity contribution in [3.63, 3.8) is 0 Å². The van der Waals surface area contributed by atoms with E-state index in [2.05, 4.69) is 5.32 Å². The molecule has 1 aliphatic carbocycles. The standard InChI is InChI=1S/C19H19N3O6S/c23-15-8-6-14(7-9-15)20-17-11-10-16(12-18(17)22(25)26)29(27,28)21-19(24)13-4-2-1-3-5-13/h1-5,10-12,14,20H,6-9H2,(H,21,24). The maximum Gasteiger partial charge on any atom is 0.293 e. The summed E-state index contributed by atoms with van der Waals surface area (Å²) >= 11 is 0. The van der Waals surface area contributed by atoms with Gasteiger partial charge in [-0.15, -0.1) is 0 Å². The molecule has 2 aromatic carbocycles. The number of nitrogens with one attached hydrogen (secondary N) is 2. The van der Waals surface area contributed by atoms with Gasteiger partial charge in [-0.1, -0.05) is 18.2 Å². The first-order valence-electron chi connectivity index (χ1n) is 8.95. The molecule has 0 aliphatic heterocycles. The first-order chi connectivity index (χ1) is 13.8. The predicted molar refractivity (Wildman–Crippen MR) is 105 cm³/mol. The number of Topliss-reactive ketones (excluding diaryl/α,β-unsaturated/α-hetero) is 1. The molecule has 0 saturated heterocycles. The molecule has 3 rings (SSSR count). The van der Waals surface area contributed by atoms with E-state index < -0.39 is 31.4 Å². The lowest BCUT2D eigenvalue weighted by Gasteiger charge is -2.23. The lowest BCUT2D eigenvalue weighted by molar-refractivity contribution is -0.384. The summed E-state index contributed by atoms with van der Waals surface area (Å²) in [5.41, 5.74) is -0.102. The molecule has 1 saturated carbocycles. The maximum absolute atomic E-state index is 12.5. The van der Waals surface area contributed by atoms with E-state index in [0.717, 1.165) is 6.07 Å². The van der Waals surface area contributed by atoms with Crippen molar-refractivity contribution >= 4 is 33.1 Å². The highest BCUT2D eigenvalue weighted by Crippen LogP contribution is 2.30. The Balaban J connectivity index is 1.82. The molecule has 0 radical (unpaired) electrons. The van der Waals surface area contributed by atoms with Crippen molar-refractivity contribution in [3.05, 3.63) is 64.2 Å². The highest BCUT2D eigenvalue weighted by atomic mass is 32.2.